The molecular weight excluding hydrogens is 336 g/mol. The average molecular weight is 348 g/mol. The first kappa shape index (κ1) is 17.0. The van der Waals surface area contributed by atoms with E-state index in [0.717, 1.165) is 0 Å². The maximum atomic E-state index is 11.3. The smallest absolute Gasteiger partial charge is 0.267 e. The van der Waals surface area contributed by atoms with Crippen LogP contribution in [0.25, 0.3) is 12.2 Å². The second-order valence-electron chi connectivity index (χ2n) is 5.54. The van der Waals surface area contributed by atoms with Crippen LogP contribution in [0.3, 0.4) is 0 Å². The number of Topliss-reactive ketones (excluding diaryl/α,β-unsaturated/α-hetero) is 3. The van der Waals surface area contributed by atoms with Crippen LogP contribution in [0.2, 0.25) is 0 Å². The molecule has 0 spiro atoms. The summed E-state index contributed by atoms with van der Waals surface area (Å²) in [6, 6.07) is 11.2. The molecule has 6 nitrogen and oxygen atoms in total. The van der Waals surface area contributed by atoms with Crippen LogP contribution in [0.4, 0.5) is 0 Å². The molecule has 2 aliphatic carbocycles. The molecule has 0 fully saturated rings. The maximum Gasteiger partial charge on any atom is 0.267 e. The van der Waals surface area contributed by atoms with E-state index < -0.39 is 28.9 Å². The van der Waals surface area contributed by atoms with Crippen molar-refractivity contribution in [2.45, 2.75) is 0 Å². The summed E-state index contributed by atoms with van der Waals surface area (Å²) >= 11 is 0. The van der Waals surface area contributed by atoms with Gasteiger partial charge in [0.1, 0.15) is 5.75 Å². The standard InChI is InChI=1S/2C10H6O3/c11-8-3-1-2-7-6(8)4-5-9(12)10(7)13;11-8-5-6-3-1-2-4-7(6)9(12)10(8)13/h2*1-5,11H. The lowest BCUT2D eigenvalue weighted by molar-refractivity contribution is -0.114. The number of aliphatic hydroxyl groups excluding tert-OH is 1. The minimum absolute atomic E-state index is 0.0228. The molecule has 0 unspecified atom stereocenters. The second kappa shape index (κ2) is 6.60. The molecule has 26 heavy (non-hydrogen) atoms. The first-order valence-electron chi connectivity index (χ1n) is 7.57. The maximum absolute atomic E-state index is 11.3. The Morgan fingerprint density at radius 2 is 1.35 bits per heavy atom. The summed E-state index contributed by atoms with van der Waals surface area (Å²) in [7, 11) is 0. The summed E-state index contributed by atoms with van der Waals surface area (Å²) < 4.78 is 0. The number of fused-ring (bicyclic) bond motifs is 2. The minimum Gasteiger partial charge on any atom is -0.507 e. The van der Waals surface area contributed by atoms with E-state index in [2.05, 4.69) is 0 Å². The van der Waals surface area contributed by atoms with Gasteiger partial charge < -0.3 is 10.2 Å². The first-order valence-corrected chi connectivity index (χ1v) is 7.57. The number of allylic oxidation sites excluding steroid dienone is 2. The average Bonchev–Trinajstić information content (AvgIpc) is 2.64. The normalized spacial score (nSPS) is 14.8. The van der Waals surface area contributed by atoms with Gasteiger partial charge in [0.15, 0.2) is 5.76 Å². The number of aromatic hydroxyl groups is 1. The molecule has 0 saturated heterocycles. The van der Waals surface area contributed by atoms with E-state index in [1.165, 1.54) is 30.4 Å². The van der Waals surface area contributed by atoms with Gasteiger partial charge in [-0.1, -0.05) is 36.4 Å². The van der Waals surface area contributed by atoms with E-state index in [4.69, 9.17) is 5.11 Å². The first-order chi connectivity index (χ1) is 12.4. The number of carbonyl (C=O) groups is 4. The highest BCUT2D eigenvalue weighted by molar-refractivity contribution is 6.51. The number of phenols is 1. The van der Waals surface area contributed by atoms with E-state index in [1.54, 1.807) is 30.3 Å². The van der Waals surface area contributed by atoms with Crippen molar-refractivity contribution in [2.75, 3.05) is 0 Å². The van der Waals surface area contributed by atoms with Gasteiger partial charge in [0.2, 0.25) is 17.3 Å². The van der Waals surface area contributed by atoms with Crippen LogP contribution in [0.5, 0.6) is 5.75 Å². The Labute approximate surface area is 147 Å². The Morgan fingerprint density at radius 1 is 0.654 bits per heavy atom. The molecule has 0 atom stereocenters. The zero-order valence-electron chi connectivity index (χ0n) is 13.3. The van der Waals surface area contributed by atoms with E-state index in [-0.39, 0.29) is 11.3 Å². The summed E-state index contributed by atoms with van der Waals surface area (Å²) in [4.78, 5) is 44.5. The zero-order valence-corrected chi connectivity index (χ0v) is 13.3. The number of hydrogen-bond donors (Lipinski definition) is 2. The van der Waals surface area contributed by atoms with E-state index in [9.17, 15) is 24.3 Å². The number of aliphatic hydroxyl groups is 1. The molecule has 2 aliphatic rings. The van der Waals surface area contributed by atoms with Gasteiger partial charge in [0.05, 0.1) is 0 Å². The fraction of sp³-hybridized carbons (Fsp3) is 0. The number of hydrogen-bond acceptors (Lipinski definition) is 6. The third-order valence-electron chi connectivity index (χ3n) is 3.89. The fourth-order valence-electron chi connectivity index (χ4n) is 2.57. The van der Waals surface area contributed by atoms with Crippen molar-refractivity contribution >= 4 is 35.3 Å². The third-order valence-corrected chi connectivity index (χ3v) is 3.89. The van der Waals surface area contributed by atoms with Gasteiger partial charge in [0, 0.05) is 16.7 Å². The third kappa shape index (κ3) is 2.95. The molecule has 0 amide bonds. The van der Waals surface area contributed by atoms with Crippen LogP contribution in [-0.2, 0) is 9.59 Å². The van der Waals surface area contributed by atoms with Crippen LogP contribution >= 0.6 is 0 Å². The monoisotopic (exact) mass is 348 g/mol. The van der Waals surface area contributed by atoms with Crippen LogP contribution < -0.4 is 0 Å². The molecule has 4 rings (SSSR count). The van der Waals surface area contributed by atoms with Crippen LogP contribution in [0.1, 0.15) is 31.8 Å². The van der Waals surface area contributed by atoms with Crippen molar-refractivity contribution in [3.05, 3.63) is 76.6 Å². The van der Waals surface area contributed by atoms with Crippen LogP contribution in [-0.4, -0.2) is 33.3 Å². The van der Waals surface area contributed by atoms with Gasteiger partial charge >= 0.3 is 0 Å². The Balaban J connectivity index is 0.000000151. The fourth-order valence-corrected chi connectivity index (χ4v) is 2.57. The zero-order chi connectivity index (χ0) is 18.8. The molecule has 2 N–H and O–H groups in total. The quantitative estimate of drug-likeness (QED) is 0.708. The largest absolute Gasteiger partial charge is 0.507 e. The summed E-state index contributed by atoms with van der Waals surface area (Å²) in [5.74, 6) is -3.04. The molecule has 6 heteroatoms. The second-order valence-corrected chi connectivity index (χ2v) is 5.54. The number of ketones is 4. The summed E-state index contributed by atoms with van der Waals surface area (Å²) in [5.41, 5.74) is 1.63. The van der Waals surface area contributed by atoms with Crippen molar-refractivity contribution in [1.82, 2.24) is 0 Å². The van der Waals surface area contributed by atoms with Crippen LogP contribution in [0.15, 0.2) is 54.3 Å². The van der Waals surface area contributed by atoms with Crippen molar-refractivity contribution < 1.29 is 29.4 Å². The molecule has 2 aromatic carbocycles. The Kier molecular flexibility index (Phi) is 4.33. The summed E-state index contributed by atoms with van der Waals surface area (Å²) in [6.07, 6.45) is 3.93. The number of phenolic OH excluding ortho intramolecular Hbond substituents is 1. The van der Waals surface area contributed by atoms with Crippen molar-refractivity contribution in [1.29, 1.82) is 0 Å². The number of rotatable bonds is 0. The highest BCUT2D eigenvalue weighted by Gasteiger charge is 2.26. The molecule has 0 radical (unpaired) electrons. The molecule has 0 aromatic heterocycles. The van der Waals surface area contributed by atoms with Crippen LogP contribution in [0, 0.1) is 0 Å². The lowest BCUT2D eigenvalue weighted by Crippen LogP contribution is -2.20. The molecule has 0 saturated carbocycles. The molecule has 2 aromatic rings. The predicted molar refractivity (Wildman–Crippen MR) is 92.9 cm³/mol. The van der Waals surface area contributed by atoms with E-state index in [0.29, 0.717) is 16.7 Å². The predicted octanol–water partition coefficient (Wildman–Crippen LogP) is 2.52. The Hall–Kier alpha value is -3.80. The number of benzene rings is 2. The lowest BCUT2D eigenvalue weighted by Gasteiger charge is -2.09. The van der Waals surface area contributed by atoms with Gasteiger partial charge in [-0.05, 0) is 29.9 Å². The van der Waals surface area contributed by atoms with Crippen molar-refractivity contribution in [2.24, 2.45) is 0 Å². The minimum atomic E-state index is -0.835. The summed E-state index contributed by atoms with van der Waals surface area (Å²) in [5, 5.41) is 18.4. The molecule has 128 valence electrons. The SMILES string of the molecule is O=C1C(=O)c2ccccc2C=C1O.O=C1C=Cc2c(O)cccc2C1=O. The molecule has 0 bridgehead atoms. The van der Waals surface area contributed by atoms with Gasteiger partial charge in [-0.15, -0.1) is 0 Å². The van der Waals surface area contributed by atoms with E-state index in [1.807, 2.05) is 0 Å². The van der Waals surface area contributed by atoms with Gasteiger partial charge in [-0.2, -0.15) is 0 Å². The molecule has 0 aliphatic heterocycles. The van der Waals surface area contributed by atoms with Gasteiger partial charge in [-0.3, -0.25) is 19.2 Å². The lowest BCUT2D eigenvalue weighted by atomic mass is 9.94. The van der Waals surface area contributed by atoms with E-state index >= 15 is 0 Å². The molecule has 0 heterocycles. The topological polar surface area (TPSA) is 109 Å². The summed E-state index contributed by atoms with van der Waals surface area (Å²) in [6.45, 7) is 0. The van der Waals surface area contributed by atoms with Gasteiger partial charge in [0.25, 0.3) is 5.78 Å². The molecular formula is C20H12O6. The Morgan fingerprint density at radius 3 is 2.12 bits per heavy atom. The van der Waals surface area contributed by atoms with Crippen molar-refractivity contribution in [3.8, 4) is 5.75 Å². The van der Waals surface area contributed by atoms with Gasteiger partial charge in [-0.25, -0.2) is 0 Å². The van der Waals surface area contributed by atoms with Crippen molar-refractivity contribution in [3.63, 3.8) is 0 Å². The highest BCUT2D eigenvalue weighted by Crippen LogP contribution is 2.26. The number of carbonyl (C=O) groups excluding carboxylic acids is 4. The highest BCUT2D eigenvalue weighted by atomic mass is 16.3. The Bertz CT molecular complexity index is 1030.